The summed E-state index contributed by atoms with van der Waals surface area (Å²) in [4.78, 5) is 21.5. The van der Waals surface area contributed by atoms with Gasteiger partial charge in [-0.15, -0.1) is 0 Å². The summed E-state index contributed by atoms with van der Waals surface area (Å²) in [6.45, 7) is 0.782. The zero-order valence-electron chi connectivity index (χ0n) is 17.2. The number of carbonyl (C=O) groups is 1. The third-order valence-electron chi connectivity index (χ3n) is 5.08. The molecule has 0 saturated carbocycles. The molecule has 0 aliphatic rings. The van der Waals surface area contributed by atoms with Crippen LogP contribution in [0.1, 0.15) is 23.4 Å². The summed E-state index contributed by atoms with van der Waals surface area (Å²) in [6, 6.07) is 17.7. The summed E-state index contributed by atoms with van der Waals surface area (Å²) < 4.78 is 20.4. The molecule has 2 aromatic carbocycles. The molecule has 1 N–H and O–H groups in total. The largest absolute Gasteiger partial charge is 0.497 e. The van der Waals surface area contributed by atoms with Crippen LogP contribution in [0.25, 0.3) is 11.2 Å². The molecule has 0 unspecified atom stereocenters. The van der Waals surface area contributed by atoms with Gasteiger partial charge in [-0.05, 0) is 53.9 Å². The van der Waals surface area contributed by atoms with E-state index >= 15 is 0 Å². The van der Waals surface area contributed by atoms with Crippen molar-refractivity contribution < 1.29 is 13.9 Å². The molecule has 0 radical (unpaired) electrons. The van der Waals surface area contributed by atoms with Crippen molar-refractivity contribution in [2.45, 2.75) is 25.9 Å². The number of benzene rings is 2. The minimum Gasteiger partial charge on any atom is -0.497 e. The Hall–Kier alpha value is -3.74. The standard InChI is InChI=1S/C24H23FN4O2/c1-31-20-11-6-17(7-12-20)8-13-23(30)27-15-22-28-21-3-2-14-26-24(21)29(22)16-18-4-9-19(25)10-5-18/h2-7,9-12,14H,8,13,15-16H2,1H3,(H,27,30). The van der Waals surface area contributed by atoms with Crippen LogP contribution in [0.2, 0.25) is 0 Å². The van der Waals surface area contributed by atoms with E-state index in [2.05, 4.69) is 15.3 Å². The van der Waals surface area contributed by atoms with Gasteiger partial charge in [0.15, 0.2) is 5.65 Å². The van der Waals surface area contributed by atoms with Crippen LogP contribution in [0.15, 0.2) is 66.9 Å². The van der Waals surface area contributed by atoms with Gasteiger partial charge in [0.25, 0.3) is 0 Å². The van der Waals surface area contributed by atoms with Gasteiger partial charge in [0.05, 0.1) is 20.2 Å². The van der Waals surface area contributed by atoms with Crippen molar-refractivity contribution in [1.29, 1.82) is 0 Å². The third kappa shape index (κ3) is 5.06. The van der Waals surface area contributed by atoms with Gasteiger partial charge < -0.3 is 14.6 Å². The molecule has 0 aliphatic carbocycles. The van der Waals surface area contributed by atoms with Crippen molar-refractivity contribution in [3.8, 4) is 5.75 Å². The normalized spacial score (nSPS) is 10.9. The molecule has 4 aromatic rings. The quantitative estimate of drug-likeness (QED) is 0.472. The number of hydrogen-bond donors (Lipinski definition) is 1. The second-order valence-corrected chi connectivity index (χ2v) is 7.21. The Morgan fingerprint density at radius 1 is 1.06 bits per heavy atom. The number of pyridine rings is 1. The molecule has 0 spiro atoms. The molecular weight excluding hydrogens is 395 g/mol. The number of ether oxygens (including phenoxy) is 1. The Kier molecular flexibility index (Phi) is 6.21. The van der Waals surface area contributed by atoms with Crippen molar-refractivity contribution in [3.63, 3.8) is 0 Å². The zero-order valence-corrected chi connectivity index (χ0v) is 17.2. The Bertz CT molecular complexity index is 1170. The van der Waals surface area contributed by atoms with Gasteiger partial charge in [-0.3, -0.25) is 4.79 Å². The fourth-order valence-electron chi connectivity index (χ4n) is 3.39. The van der Waals surface area contributed by atoms with Crippen LogP contribution in [-0.2, 0) is 24.3 Å². The van der Waals surface area contributed by atoms with Gasteiger partial charge in [-0.25, -0.2) is 14.4 Å². The van der Waals surface area contributed by atoms with Gasteiger partial charge in [-0.2, -0.15) is 0 Å². The number of rotatable bonds is 8. The van der Waals surface area contributed by atoms with Gasteiger partial charge >= 0.3 is 0 Å². The van der Waals surface area contributed by atoms with Crippen molar-refractivity contribution in [2.24, 2.45) is 0 Å². The van der Waals surface area contributed by atoms with Crippen molar-refractivity contribution in [3.05, 3.63) is 89.6 Å². The maximum atomic E-state index is 13.3. The summed E-state index contributed by atoms with van der Waals surface area (Å²) in [5.74, 6) is 1.17. The molecule has 0 aliphatic heterocycles. The summed E-state index contributed by atoms with van der Waals surface area (Å²) in [5.41, 5.74) is 3.49. The highest BCUT2D eigenvalue weighted by Crippen LogP contribution is 2.17. The summed E-state index contributed by atoms with van der Waals surface area (Å²) in [6.07, 6.45) is 2.73. The number of amides is 1. The SMILES string of the molecule is COc1ccc(CCC(=O)NCc2nc3cccnc3n2Cc2ccc(F)cc2)cc1. The molecule has 2 aromatic heterocycles. The summed E-state index contributed by atoms with van der Waals surface area (Å²) >= 11 is 0. The molecule has 4 rings (SSSR count). The number of nitrogens with one attached hydrogen (secondary N) is 1. The van der Waals surface area contributed by atoms with E-state index in [-0.39, 0.29) is 11.7 Å². The lowest BCUT2D eigenvalue weighted by Gasteiger charge is -2.10. The topological polar surface area (TPSA) is 69.0 Å². The first-order valence-corrected chi connectivity index (χ1v) is 10.1. The van der Waals surface area contributed by atoms with E-state index in [1.54, 1.807) is 25.4 Å². The van der Waals surface area contributed by atoms with Crippen LogP contribution in [-0.4, -0.2) is 27.6 Å². The first kappa shape index (κ1) is 20.5. The number of nitrogens with zero attached hydrogens (tertiary/aromatic N) is 3. The third-order valence-corrected chi connectivity index (χ3v) is 5.08. The summed E-state index contributed by atoms with van der Waals surface area (Å²) in [7, 11) is 1.63. The molecule has 0 saturated heterocycles. The average Bonchev–Trinajstić information content (AvgIpc) is 3.15. The van der Waals surface area contributed by atoms with Crippen LogP contribution >= 0.6 is 0 Å². The van der Waals surface area contributed by atoms with E-state index in [4.69, 9.17) is 4.74 Å². The predicted molar refractivity (Wildman–Crippen MR) is 116 cm³/mol. The van der Waals surface area contributed by atoms with Gasteiger partial charge in [-0.1, -0.05) is 24.3 Å². The molecule has 1 amide bonds. The fourth-order valence-corrected chi connectivity index (χ4v) is 3.39. The molecular formula is C24H23FN4O2. The fraction of sp³-hybridized carbons (Fsp3) is 0.208. The van der Waals surface area contributed by atoms with Gasteiger partial charge in [0.1, 0.15) is 22.9 Å². The number of imidazole rings is 1. The number of aromatic nitrogens is 3. The minimum absolute atomic E-state index is 0.0517. The second-order valence-electron chi connectivity index (χ2n) is 7.21. The maximum absolute atomic E-state index is 13.3. The Balaban J connectivity index is 1.43. The summed E-state index contributed by atoms with van der Waals surface area (Å²) in [5, 5.41) is 2.95. The predicted octanol–water partition coefficient (Wildman–Crippen LogP) is 3.88. The molecule has 0 bridgehead atoms. The molecule has 7 heteroatoms. The van der Waals surface area contributed by atoms with E-state index in [1.165, 1.54) is 12.1 Å². The lowest BCUT2D eigenvalue weighted by molar-refractivity contribution is -0.121. The number of aryl methyl sites for hydroxylation is 1. The molecule has 31 heavy (non-hydrogen) atoms. The van der Waals surface area contributed by atoms with E-state index < -0.39 is 0 Å². The highest BCUT2D eigenvalue weighted by atomic mass is 19.1. The average molecular weight is 418 g/mol. The first-order valence-electron chi connectivity index (χ1n) is 10.1. The van der Waals surface area contributed by atoms with E-state index in [1.807, 2.05) is 41.0 Å². The van der Waals surface area contributed by atoms with Crippen molar-refractivity contribution >= 4 is 17.1 Å². The number of halogens is 1. The molecule has 0 atom stereocenters. The molecule has 2 heterocycles. The van der Waals surface area contributed by atoms with Crippen molar-refractivity contribution in [2.75, 3.05) is 7.11 Å². The van der Waals surface area contributed by atoms with Crippen LogP contribution in [0.4, 0.5) is 4.39 Å². The number of methoxy groups -OCH3 is 1. The number of fused-ring (bicyclic) bond motifs is 1. The van der Waals surface area contributed by atoms with Gasteiger partial charge in [0.2, 0.25) is 5.91 Å². The Morgan fingerprint density at radius 2 is 1.81 bits per heavy atom. The van der Waals surface area contributed by atoms with E-state index in [0.717, 1.165) is 28.0 Å². The van der Waals surface area contributed by atoms with Crippen LogP contribution in [0.3, 0.4) is 0 Å². The van der Waals surface area contributed by atoms with Crippen molar-refractivity contribution in [1.82, 2.24) is 19.9 Å². The highest BCUT2D eigenvalue weighted by molar-refractivity contribution is 5.76. The monoisotopic (exact) mass is 418 g/mol. The Morgan fingerprint density at radius 3 is 2.55 bits per heavy atom. The van der Waals surface area contributed by atoms with E-state index in [0.29, 0.717) is 31.8 Å². The van der Waals surface area contributed by atoms with Crippen LogP contribution in [0, 0.1) is 5.82 Å². The lowest BCUT2D eigenvalue weighted by Crippen LogP contribution is -2.25. The smallest absolute Gasteiger partial charge is 0.220 e. The highest BCUT2D eigenvalue weighted by Gasteiger charge is 2.13. The first-order chi connectivity index (χ1) is 15.1. The molecule has 158 valence electrons. The maximum Gasteiger partial charge on any atom is 0.220 e. The van der Waals surface area contributed by atoms with Crippen LogP contribution < -0.4 is 10.1 Å². The number of carbonyl (C=O) groups excluding carboxylic acids is 1. The Labute approximate surface area is 179 Å². The number of hydrogen-bond acceptors (Lipinski definition) is 4. The lowest BCUT2D eigenvalue weighted by atomic mass is 10.1. The van der Waals surface area contributed by atoms with Gasteiger partial charge in [0, 0.05) is 12.6 Å². The zero-order chi connectivity index (χ0) is 21.6. The minimum atomic E-state index is -0.276. The van der Waals surface area contributed by atoms with Crippen LogP contribution in [0.5, 0.6) is 5.75 Å². The van der Waals surface area contributed by atoms with E-state index in [9.17, 15) is 9.18 Å². The second kappa shape index (κ2) is 9.38. The molecule has 6 nitrogen and oxygen atoms in total. The molecule has 0 fully saturated rings.